The number of aromatic nitrogens is 4. The summed E-state index contributed by atoms with van der Waals surface area (Å²) in [5.74, 6) is -0.549. The van der Waals surface area contributed by atoms with Gasteiger partial charge in [0.05, 0.1) is 0 Å². The maximum absolute atomic E-state index is 10.6. The predicted molar refractivity (Wildman–Crippen MR) is 58.6 cm³/mol. The standard InChI is InChI=1S/C9H7BrN4O2/c10-7-3-1-2-6(4-7)9-11-12-13-14(9)5-8(15)16/h1-4H,5H2,(H,15,16). The molecule has 0 unspecified atom stereocenters. The molecule has 0 aliphatic heterocycles. The van der Waals surface area contributed by atoms with Crippen LogP contribution < -0.4 is 0 Å². The molecule has 2 rings (SSSR count). The summed E-state index contributed by atoms with van der Waals surface area (Å²) in [5, 5.41) is 19.6. The number of aliphatic carboxylic acids is 1. The largest absolute Gasteiger partial charge is 0.480 e. The van der Waals surface area contributed by atoms with Crippen molar-refractivity contribution in [3.8, 4) is 11.4 Å². The van der Waals surface area contributed by atoms with Crippen molar-refractivity contribution in [2.45, 2.75) is 6.54 Å². The van der Waals surface area contributed by atoms with Crippen LogP contribution in [0.3, 0.4) is 0 Å². The van der Waals surface area contributed by atoms with E-state index in [0.717, 1.165) is 10.0 Å². The zero-order valence-corrected chi connectivity index (χ0v) is 9.62. The van der Waals surface area contributed by atoms with Gasteiger partial charge in [0.25, 0.3) is 0 Å². The first-order chi connectivity index (χ1) is 7.66. The molecule has 82 valence electrons. The van der Waals surface area contributed by atoms with Crippen LogP contribution in [-0.2, 0) is 11.3 Å². The van der Waals surface area contributed by atoms with E-state index in [4.69, 9.17) is 5.11 Å². The van der Waals surface area contributed by atoms with Crippen LogP contribution in [0.2, 0.25) is 0 Å². The summed E-state index contributed by atoms with van der Waals surface area (Å²) >= 11 is 3.33. The highest BCUT2D eigenvalue weighted by molar-refractivity contribution is 9.10. The van der Waals surface area contributed by atoms with Crippen molar-refractivity contribution in [2.75, 3.05) is 0 Å². The molecule has 7 heteroatoms. The summed E-state index contributed by atoms with van der Waals surface area (Å²) in [6, 6.07) is 7.34. The Morgan fingerprint density at radius 1 is 1.50 bits per heavy atom. The van der Waals surface area contributed by atoms with E-state index in [0.29, 0.717) is 5.82 Å². The molecule has 0 aliphatic carbocycles. The van der Waals surface area contributed by atoms with Gasteiger partial charge in [-0.05, 0) is 22.6 Å². The molecule has 0 bridgehead atoms. The molecule has 0 saturated carbocycles. The third kappa shape index (κ3) is 2.25. The zero-order chi connectivity index (χ0) is 11.5. The van der Waals surface area contributed by atoms with E-state index in [1.165, 1.54) is 4.68 Å². The molecule has 16 heavy (non-hydrogen) atoms. The molecule has 0 atom stereocenters. The van der Waals surface area contributed by atoms with Crippen molar-refractivity contribution in [3.63, 3.8) is 0 Å². The van der Waals surface area contributed by atoms with E-state index in [1.54, 1.807) is 0 Å². The number of rotatable bonds is 3. The van der Waals surface area contributed by atoms with Crippen LogP contribution in [0, 0.1) is 0 Å². The molecule has 1 aromatic heterocycles. The van der Waals surface area contributed by atoms with Gasteiger partial charge in [0.1, 0.15) is 6.54 Å². The zero-order valence-electron chi connectivity index (χ0n) is 8.04. The average molecular weight is 283 g/mol. The molecule has 1 heterocycles. The lowest BCUT2D eigenvalue weighted by Crippen LogP contribution is -2.11. The molecule has 0 aliphatic rings. The SMILES string of the molecule is O=C(O)Cn1nnnc1-c1cccc(Br)c1. The normalized spacial score (nSPS) is 10.3. The van der Waals surface area contributed by atoms with Gasteiger partial charge >= 0.3 is 5.97 Å². The van der Waals surface area contributed by atoms with E-state index in [1.807, 2.05) is 24.3 Å². The molecule has 0 spiro atoms. The van der Waals surface area contributed by atoms with E-state index in [2.05, 4.69) is 31.5 Å². The van der Waals surface area contributed by atoms with Gasteiger partial charge < -0.3 is 5.11 Å². The summed E-state index contributed by atoms with van der Waals surface area (Å²) in [4.78, 5) is 10.6. The number of halogens is 1. The van der Waals surface area contributed by atoms with E-state index in [-0.39, 0.29) is 6.54 Å². The van der Waals surface area contributed by atoms with Crippen LogP contribution in [0.1, 0.15) is 0 Å². The highest BCUT2D eigenvalue weighted by atomic mass is 79.9. The number of hydrogen-bond acceptors (Lipinski definition) is 4. The third-order valence-corrected chi connectivity index (χ3v) is 2.39. The Morgan fingerprint density at radius 3 is 3.00 bits per heavy atom. The van der Waals surface area contributed by atoms with Crippen molar-refractivity contribution < 1.29 is 9.90 Å². The number of carbonyl (C=O) groups is 1. The fourth-order valence-corrected chi connectivity index (χ4v) is 1.67. The van der Waals surface area contributed by atoms with Crippen LogP contribution in [0.15, 0.2) is 28.7 Å². The summed E-state index contributed by atoms with van der Waals surface area (Å²) in [6.07, 6.45) is 0. The quantitative estimate of drug-likeness (QED) is 0.915. The number of nitrogens with zero attached hydrogens (tertiary/aromatic N) is 4. The van der Waals surface area contributed by atoms with Crippen LogP contribution in [0.5, 0.6) is 0 Å². The molecule has 2 aromatic rings. The molecule has 1 aromatic carbocycles. The van der Waals surface area contributed by atoms with Crippen molar-refractivity contribution >= 4 is 21.9 Å². The number of carboxylic acid groups (broad SMARTS) is 1. The Hall–Kier alpha value is -1.76. The summed E-state index contributed by atoms with van der Waals surface area (Å²) in [6.45, 7) is -0.255. The van der Waals surface area contributed by atoms with Crippen molar-refractivity contribution in [2.24, 2.45) is 0 Å². The molecule has 1 N–H and O–H groups in total. The summed E-state index contributed by atoms with van der Waals surface area (Å²) in [5.41, 5.74) is 0.764. The maximum atomic E-state index is 10.6. The van der Waals surface area contributed by atoms with E-state index >= 15 is 0 Å². The highest BCUT2D eigenvalue weighted by Gasteiger charge is 2.11. The Balaban J connectivity index is 2.40. The first-order valence-corrected chi connectivity index (χ1v) is 5.20. The molecule has 0 saturated heterocycles. The topological polar surface area (TPSA) is 80.9 Å². The lowest BCUT2D eigenvalue weighted by atomic mass is 10.2. The minimum absolute atomic E-state index is 0.255. The van der Waals surface area contributed by atoms with Crippen LogP contribution >= 0.6 is 15.9 Å². The lowest BCUT2D eigenvalue weighted by Gasteiger charge is -2.01. The monoisotopic (exact) mass is 282 g/mol. The molecule has 0 radical (unpaired) electrons. The minimum Gasteiger partial charge on any atom is -0.480 e. The summed E-state index contributed by atoms with van der Waals surface area (Å²) in [7, 11) is 0. The Kier molecular flexibility index (Phi) is 2.95. The predicted octanol–water partition coefficient (Wildman–Crippen LogP) is 1.19. The summed E-state index contributed by atoms with van der Waals surface area (Å²) < 4.78 is 2.12. The Bertz CT molecular complexity index is 526. The van der Waals surface area contributed by atoms with Gasteiger partial charge in [0.2, 0.25) is 0 Å². The Labute approximate surface area is 99.0 Å². The first kappa shape index (κ1) is 10.7. The fourth-order valence-electron chi connectivity index (χ4n) is 1.27. The first-order valence-electron chi connectivity index (χ1n) is 4.41. The number of hydrogen-bond donors (Lipinski definition) is 1. The second-order valence-corrected chi connectivity index (χ2v) is 3.98. The van der Waals surface area contributed by atoms with Gasteiger partial charge in [-0.3, -0.25) is 4.79 Å². The number of tetrazole rings is 1. The Morgan fingerprint density at radius 2 is 2.31 bits per heavy atom. The maximum Gasteiger partial charge on any atom is 0.325 e. The van der Waals surface area contributed by atoms with Gasteiger partial charge in [-0.1, -0.05) is 28.1 Å². The second-order valence-electron chi connectivity index (χ2n) is 3.06. The van der Waals surface area contributed by atoms with Gasteiger partial charge in [0, 0.05) is 10.0 Å². The van der Waals surface area contributed by atoms with Gasteiger partial charge in [-0.15, -0.1) is 5.10 Å². The lowest BCUT2D eigenvalue weighted by molar-refractivity contribution is -0.137. The van der Waals surface area contributed by atoms with Crippen LogP contribution in [-0.4, -0.2) is 31.3 Å². The molecular formula is C9H7BrN4O2. The minimum atomic E-state index is -0.983. The average Bonchev–Trinajstić information content (AvgIpc) is 2.65. The van der Waals surface area contributed by atoms with E-state index < -0.39 is 5.97 Å². The number of benzene rings is 1. The van der Waals surface area contributed by atoms with Gasteiger partial charge in [0.15, 0.2) is 5.82 Å². The third-order valence-electron chi connectivity index (χ3n) is 1.90. The molecular weight excluding hydrogens is 276 g/mol. The van der Waals surface area contributed by atoms with Gasteiger partial charge in [-0.2, -0.15) is 0 Å². The van der Waals surface area contributed by atoms with Crippen LogP contribution in [0.4, 0.5) is 0 Å². The fraction of sp³-hybridized carbons (Fsp3) is 0.111. The van der Waals surface area contributed by atoms with Crippen molar-refractivity contribution in [1.82, 2.24) is 20.2 Å². The van der Waals surface area contributed by atoms with Crippen molar-refractivity contribution in [1.29, 1.82) is 0 Å². The number of carboxylic acids is 1. The smallest absolute Gasteiger partial charge is 0.325 e. The molecule has 0 amide bonds. The molecule has 0 fully saturated rings. The van der Waals surface area contributed by atoms with Gasteiger partial charge in [-0.25, -0.2) is 4.68 Å². The van der Waals surface area contributed by atoms with Crippen LogP contribution in [0.25, 0.3) is 11.4 Å². The van der Waals surface area contributed by atoms with Crippen molar-refractivity contribution in [3.05, 3.63) is 28.7 Å². The van der Waals surface area contributed by atoms with E-state index in [9.17, 15) is 4.79 Å². The molecule has 6 nitrogen and oxygen atoms in total. The second kappa shape index (κ2) is 4.40. The highest BCUT2D eigenvalue weighted by Crippen LogP contribution is 2.20.